The fourth-order valence-electron chi connectivity index (χ4n) is 3.88. The number of carbonyl (C=O) groups is 2. The van der Waals surface area contributed by atoms with Gasteiger partial charge in [-0.05, 0) is 38.0 Å². The van der Waals surface area contributed by atoms with E-state index in [1.54, 1.807) is 34.9 Å². The molecule has 1 atom stereocenters. The first-order valence-corrected chi connectivity index (χ1v) is 13.4. The van der Waals surface area contributed by atoms with Crippen molar-refractivity contribution < 1.29 is 14.0 Å². The number of hydrogen-bond acceptors (Lipinski definition) is 3. The van der Waals surface area contributed by atoms with Gasteiger partial charge < -0.3 is 10.2 Å². The van der Waals surface area contributed by atoms with Gasteiger partial charge in [-0.1, -0.05) is 78.9 Å². The van der Waals surface area contributed by atoms with Gasteiger partial charge in [0.15, 0.2) is 0 Å². The van der Waals surface area contributed by atoms with Crippen LogP contribution in [0, 0.1) is 5.82 Å². The van der Waals surface area contributed by atoms with Gasteiger partial charge in [0.25, 0.3) is 0 Å². The van der Waals surface area contributed by atoms with E-state index in [1.807, 2.05) is 69.3 Å². The van der Waals surface area contributed by atoms with Crippen LogP contribution in [0.5, 0.6) is 0 Å². The van der Waals surface area contributed by atoms with Gasteiger partial charge in [0.1, 0.15) is 11.9 Å². The van der Waals surface area contributed by atoms with Crippen LogP contribution in [0.3, 0.4) is 0 Å². The zero-order valence-corrected chi connectivity index (χ0v) is 22.1. The van der Waals surface area contributed by atoms with Crippen LogP contribution >= 0.6 is 11.8 Å². The van der Waals surface area contributed by atoms with E-state index in [1.165, 1.54) is 11.6 Å². The van der Waals surface area contributed by atoms with Crippen LogP contribution in [-0.2, 0) is 28.3 Å². The van der Waals surface area contributed by atoms with E-state index in [9.17, 15) is 14.0 Å². The summed E-state index contributed by atoms with van der Waals surface area (Å²) >= 11 is 1.67. The minimum Gasteiger partial charge on any atom is -0.350 e. The predicted octanol–water partition coefficient (Wildman–Crippen LogP) is 6.00. The second kappa shape index (κ2) is 13.3. The third-order valence-electron chi connectivity index (χ3n) is 5.64. The van der Waals surface area contributed by atoms with Crippen LogP contribution in [0.15, 0.2) is 84.9 Å². The van der Waals surface area contributed by atoms with Crippen molar-refractivity contribution in [3.63, 3.8) is 0 Å². The summed E-state index contributed by atoms with van der Waals surface area (Å²) in [6.45, 7) is 5.76. The summed E-state index contributed by atoms with van der Waals surface area (Å²) in [5.41, 5.74) is 2.06. The fraction of sp³-hybridized carbons (Fsp3) is 0.333. The highest BCUT2D eigenvalue weighted by molar-refractivity contribution is 7.98. The largest absolute Gasteiger partial charge is 0.350 e. The van der Waals surface area contributed by atoms with Crippen molar-refractivity contribution in [2.24, 2.45) is 0 Å². The van der Waals surface area contributed by atoms with Gasteiger partial charge in [0, 0.05) is 42.0 Å². The van der Waals surface area contributed by atoms with Gasteiger partial charge in [-0.2, -0.15) is 11.8 Å². The molecular formula is C30H35FN2O2S. The van der Waals surface area contributed by atoms with E-state index >= 15 is 0 Å². The van der Waals surface area contributed by atoms with Crippen molar-refractivity contribution in [3.05, 3.63) is 107 Å². The molecule has 0 aliphatic heterocycles. The van der Waals surface area contributed by atoms with Gasteiger partial charge >= 0.3 is 0 Å². The lowest BCUT2D eigenvalue weighted by Crippen LogP contribution is -2.54. The molecule has 0 saturated heterocycles. The average molecular weight is 507 g/mol. The van der Waals surface area contributed by atoms with Crippen LogP contribution in [0.2, 0.25) is 0 Å². The number of hydrogen-bond donors (Lipinski definition) is 1. The van der Waals surface area contributed by atoms with Crippen LogP contribution in [0.4, 0.5) is 4.39 Å². The highest BCUT2D eigenvalue weighted by Crippen LogP contribution is 2.20. The molecule has 0 fully saturated rings. The van der Waals surface area contributed by atoms with E-state index in [-0.39, 0.29) is 30.6 Å². The lowest BCUT2D eigenvalue weighted by atomic mass is 10.0. The Hall–Kier alpha value is -3.12. The predicted molar refractivity (Wildman–Crippen MR) is 146 cm³/mol. The molecule has 2 amide bonds. The zero-order valence-electron chi connectivity index (χ0n) is 21.2. The number of rotatable bonds is 11. The van der Waals surface area contributed by atoms with E-state index in [0.29, 0.717) is 17.7 Å². The Morgan fingerprint density at radius 2 is 1.47 bits per heavy atom. The van der Waals surface area contributed by atoms with Crippen LogP contribution < -0.4 is 5.32 Å². The molecule has 4 nitrogen and oxygen atoms in total. The Balaban J connectivity index is 1.83. The Bertz CT molecular complexity index is 1120. The zero-order chi connectivity index (χ0) is 26.0. The Labute approximate surface area is 218 Å². The molecule has 0 unspecified atom stereocenters. The molecule has 1 N–H and O–H groups in total. The molecule has 0 radical (unpaired) electrons. The van der Waals surface area contributed by atoms with E-state index < -0.39 is 11.6 Å². The van der Waals surface area contributed by atoms with E-state index in [4.69, 9.17) is 0 Å². The second-order valence-electron chi connectivity index (χ2n) is 9.85. The molecule has 0 aliphatic carbocycles. The molecule has 3 rings (SSSR count). The molecule has 3 aromatic rings. The number of carbonyl (C=O) groups excluding carboxylic acids is 2. The summed E-state index contributed by atoms with van der Waals surface area (Å²) in [6, 6.07) is 25.4. The lowest BCUT2D eigenvalue weighted by Gasteiger charge is -2.34. The van der Waals surface area contributed by atoms with Gasteiger partial charge in [-0.15, -0.1) is 0 Å². The summed E-state index contributed by atoms with van der Waals surface area (Å²) in [7, 11) is 0. The van der Waals surface area contributed by atoms with Gasteiger partial charge in [-0.25, -0.2) is 4.39 Å². The summed E-state index contributed by atoms with van der Waals surface area (Å²) in [6.07, 6.45) is 0.611. The lowest BCUT2D eigenvalue weighted by molar-refractivity contribution is -0.141. The Kier molecular flexibility index (Phi) is 10.1. The smallest absolute Gasteiger partial charge is 0.243 e. The molecule has 6 heteroatoms. The maximum atomic E-state index is 14.6. The Morgan fingerprint density at radius 3 is 2.08 bits per heavy atom. The maximum Gasteiger partial charge on any atom is 0.243 e. The van der Waals surface area contributed by atoms with Crippen molar-refractivity contribution in [3.8, 4) is 0 Å². The van der Waals surface area contributed by atoms with Gasteiger partial charge in [-0.3, -0.25) is 9.59 Å². The molecule has 0 aliphatic rings. The third kappa shape index (κ3) is 8.83. The van der Waals surface area contributed by atoms with Crippen molar-refractivity contribution >= 4 is 23.6 Å². The summed E-state index contributed by atoms with van der Waals surface area (Å²) in [5, 5.41) is 3.03. The van der Waals surface area contributed by atoms with Gasteiger partial charge in [0.05, 0.1) is 0 Å². The number of benzene rings is 3. The molecular weight excluding hydrogens is 471 g/mol. The number of nitrogens with one attached hydrogen (secondary N) is 1. The fourth-order valence-corrected chi connectivity index (χ4v) is 4.78. The summed E-state index contributed by atoms with van der Waals surface area (Å²) in [4.78, 5) is 28.6. The number of amides is 2. The summed E-state index contributed by atoms with van der Waals surface area (Å²) in [5.74, 6) is 0.625. The topological polar surface area (TPSA) is 49.4 Å². The number of nitrogens with zero attached hydrogens (tertiary/aromatic N) is 1. The quantitative estimate of drug-likeness (QED) is 0.324. The van der Waals surface area contributed by atoms with Crippen molar-refractivity contribution in [2.75, 3.05) is 5.75 Å². The minimum absolute atomic E-state index is 0.0317. The van der Waals surface area contributed by atoms with Crippen LogP contribution in [0.1, 0.15) is 43.9 Å². The summed E-state index contributed by atoms with van der Waals surface area (Å²) < 4.78 is 14.6. The SMILES string of the molecule is CC(C)(C)NC(=O)[C@H](Cc1ccccc1)N(Cc1ccccc1F)C(=O)CCSCc1ccccc1. The highest BCUT2D eigenvalue weighted by Gasteiger charge is 2.32. The van der Waals surface area contributed by atoms with E-state index in [2.05, 4.69) is 17.4 Å². The molecule has 0 heterocycles. The second-order valence-corrected chi connectivity index (χ2v) is 11.0. The van der Waals surface area contributed by atoms with Crippen molar-refractivity contribution in [1.29, 1.82) is 0 Å². The van der Waals surface area contributed by atoms with Crippen molar-refractivity contribution in [1.82, 2.24) is 10.2 Å². The molecule has 0 aromatic heterocycles. The van der Waals surface area contributed by atoms with Crippen molar-refractivity contribution in [2.45, 2.75) is 57.5 Å². The molecule has 36 heavy (non-hydrogen) atoms. The van der Waals surface area contributed by atoms with Crippen LogP contribution in [0.25, 0.3) is 0 Å². The molecule has 190 valence electrons. The van der Waals surface area contributed by atoms with Crippen LogP contribution in [-0.4, -0.2) is 34.0 Å². The molecule has 3 aromatic carbocycles. The Morgan fingerprint density at radius 1 is 0.889 bits per heavy atom. The number of thioether (sulfide) groups is 1. The normalized spacial score (nSPS) is 12.1. The third-order valence-corrected chi connectivity index (χ3v) is 6.67. The molecule has 0 bridgehead atoms. The maximum absolute atomic E-state index is 14.6. The standard InChI is InChI=1S/C30H35FN2O2S/c1-30(2,3)32-29(35)27(20-23-12-6-4-7-13-23)33(21-25-16-10-11-17-26(25)31)28(34)18-19-36-22-24-14-8-5-9-15-24/h4-17,27H,18-22H2,1-3H3,(H,32,35)/t27-/m0/s1. The average Bonchev–Trinajstić information content (AvgIpc) is 2.85. The highest BCUT2D eigenvalue weighted by atomic mass is 32.2. The monoisotopic (exact) mass is 506 g/mol. The molecule has 0 saturated carbocycles. The first kappa shape index (κ1) is 27.5. The van der Waals surface area contributed by atoms with Gasteiger partial charge in [0.2, 0.25) is 11.8 Å². The first-order chi connectivity index (χ1) is 17.2. The first-order valence-electron chi connectivity index (χ1n) is 12.2. The van der Waals surface area contributed by atoms with E-state index in [0.717, 1.165) is 11.3 Å². The molecule has 0 spiro atoms. The number of halogens is 1. The minimum atomic E-state index is -0.766.